The van der Waals surface area contributed by atoms with Crippen molar-refractivity contribution < 1.29 is 19.0 Å². The van der Waals surface area contributed by atoms with E-state index in [0.29, 0.717) is 6.61 Å². The first-order valence-electron chi connectivity index (χ1n) is 4.42. The van der Waals surface area contributed by atoms with Gasteiger partial charge in [0.25, 0.3) is 0 Å². The summed E-state index contributed by atoms with van der Waals surface area (Å²) in [6.07, 6.45) is 1.35. The summed E-state index contributed by atoms with van der Waals surface area (Å²) in [5.41, 5.74) is 0. The van der Waals surface area contributed by atoms with Gasteiger partial charge in [-0.15, -0.1) is 0 Å². The fourth-order valence-electron chi connectivity index (χ4n) is 0.448. The van der Waals surface area contributed by atoms with Gasteiger partial charge in [0.2, 0.25) is 0 Å². The predicted octanol–water partition coefficient (Wildman–Crippen LogP) is 2.22. The van der Waals surface area contributed by atoms with Gasteiger partial charge in [-0.25, -0.2) is 4.79 Å². The van der Waals surface area contributed by atoms with E-state index in [1.54, 1.807) is 7.11 Å². The molecule has 0 aliphatic carbocycles. The smallest absolute Gasteiger partial charge is 0.438 e. The monoisotopic (exact) mass is 192 g/mol. The first-order chi connectivity index (χ1) is 6.22. The van der Waals surface area contributed by atoms with Gasteiger partial charge in [0.15, 0.2) is 0 Å². The van der Waals surface area contributed by atoms with Crippen LogP contribution in [0, 0.1) is 0 Å². The van der Waals surface area contributed by atoms with Crippen LogP contribution in [0.3, 0.4) is 0 Å². The van der Waals surface area contributed by atoms with Crippen LogP contribution in [0.25, 0.3) is 0 Å². The summed E-state index contributed by atoms with van der Waals surface area (Å²) < 4.78 is 13.4. The molecule has 0 spiro atoms. The normalized spacial score (nSPS) is 8.31. The van der Waals surface area contributed by atoms with Gasteiger partial charge in [0.1, 0.15) is 0 Å². The van der Waals surface area contributed by atoms with E-state index in [0.717, 1.165) is 19.4 Å². The van der Waals surface area contributed by atoms with Gasteiger partial charge in [-0.05, 0) is 12.8 Å². The van der Waals surface area contributed by atoms with Crippen molar-refractivity contribution >= 4 is 6.16 Å². The van der Waals surface area contributed by atoms with Crippen molar-refractivity contribution in [2.45, 2.75) is 26.7 Å². The first-order valence-corrected chi connectivity index (χ1v) is 4.42. The predicted molar refractivity (Wildman–Crippen MR) is 50.8 cm³/mol. The van der Waals surface area contributed by atoms with E-state index in [4.69, 9.17) is 4.74 Å². The SMILES string of the molecule is CCCOC.CCCOC(=O)OC. The number of ether oxygens (including phenoxy) is 3. The average Bonchev–Trinajstić information content (AvgIpc) is 2.16. The molecule has 0 saturated carbocycles. The van der Waals surface area contributed by atoms with Crippen LogP contribution in [0.5, 0.6) is 0 Å². The van der Waals surface area contributed by atoms with E-state index in [9.17, 15) is 4.79 Å². The highest BCUT2D eigenvalue weighted by atomic mass is 16.7. The van der Waals surface area contributed by atoms with Crippen molar-refractivity contribution in [3.8, 4) is 0 Å². The van der Waals surface area contributed by atoms with Gasteiger partial charge < -0.3 is 14.2 Å². The number of carbonyl (C=O) groups excluding carboxylic acids is 1. The molecule has 0 N–H and O–H groups in total. The van der Waals surface area contributed by atoms with Crippen LogP contribution in [0.15, 0.2) is 0 Å². The summed E-state index contributed by atoms with van der Waals surface area (Å²) in [5.74, 6) is 0. The number of rotatable bonds is 4. The molecule has 0 aromatic heterocycles. The van der Waals surface area contributed by atoms with Crippen LogP contribution < -0.4 is 0 Å². The van der Waals surface area contributed by atoms with Gasteiger partial charge in [-0.2, -0.15) is 0 Å². The summed E-state index contributed by atoms with van der Waals surface area (Å²) in [7, 11) is 3.00. The summed E-state index contributed by atoms with van der Waals surface area (Å²) >= 11 is 0. The Bertz CT molecular complexity index is 102. The molecule has 0 atom stereocenters. The molecular weight excluding hydrogens is 172 g/mol. The van der Waals surface area contributed by atoms with E-state index in [2.05, 4.69) is 16.4 Å². The fraction of sp³-hybridized carbons (Fsp3) is 0.889. The van der Waals surface area contributed by atoms with Crippen molar-refractivity contribution in [3.05, 3.63) is 0 Å². The van der Waals surface area contributed by atoms with E-state index in [1.165, 1.54) is 7.11 Å². The van der Waals surface area contributed by atoms with E-state index in [-0.39, 0.29) is 0 Å². The lowest BCUT2D eigenvalue weighted by atomic mass is 10.5. The number of hydrogen-bond acceptors (Lipinski definition) is 4. The van der Waals surface area contributed by atoms with Crippen LogP contribution in [0.1, 0.15) is 26.7 Å². The molecule has 0 unspecified atom stereocenters. The van der Waals surface area contributed by atoms with Gasteiger partial charge in [-0.3, -0.25) is 0 Å². The molecule has 0 fully saturated rings. The third-order valence-corrected chi connectivity index (χ3v) is 0.999. The maximum absolute atomic E-state index is 10.1. The van der Waals surface area contributed by atoms with Crippen molar-refractivity contribution in [1.29, 1.82) is 0 Å². The maximum atomic E-state index is 10.1. The molecule has 4 heteroatoms. The van der Waals surface area contributed by atoms with Gasteiger partial charge in [0.05, 0.1) is 13.7 Å². The molecule has 0 aromatic rings. The summed E-state index contributed by atoms with van der Waals surface area (Å²) in [6.45, 7) is 5.33. The molecule has 4 nitrogen and oxygen atoms in total. The number of methoxy groups -OCH3 is 2. The molecule has 0 aliphatic heterocycles. The van der Waals surface area contributed by atoms with Crippen molar-refractivity contribution in [1.82, 2.24) is 0 Å². The molecule has 13 heavy (non-hydrogen) atoms. The molecular formula is C9H20O4. The number of hydrogen-bond donors (Lipinski definition) is 0. The van der Waals surface area contributed by atoms with Crippen molar-refractivity contribution in [3.63, 3.8) is 0 Å². The Morgan fingerprint density at radius 1 is 1.08 bits per heavy atom. The third-order valence-electron chi connectivity index (χ3n) is 0.999. The van der Waals surface area contributed by atoms with Crippen LogP contribution in [-0.4, -0.2) is 33.6 Å². The highest BCUT2D eigenvalue weighted by Gasteiger charge is 1.95. The minimum atomic E-state index is -0.605. The minimum absolute atomic E-state index is 0.437. The van der Waals surface area contributed by atoms with Crippen molar-refractivity contribution in [2.24, 2.45) is 0 Å². The lowest BCUT2D eigenvalue weighted by molar-refractivity contribution is 0.0728. The van der Waals surface area contributed by atoms with E-state index >= 15 is 0 Å². The fourth-order valence-corrected chi connectivity index (χ4v) is 0.448. The molecule has 0 bridgehead atoms. The summed E-state index contributed by atoms with van der Waals surface area (Å²) in [4.78, 5) is 10.1. The summed E-state index contributed by atoms with van der Waals surface area (Å²) in [5, 5.41) is 0. The Morgan fingerprint density at radius 3 is 1.85 bits per heavy atom. The number of carbonyl (C=O) groups is 1. The van der Waals surface area contributed by atoms with Crippen LogP contribution in [0.2, 0.25) is 0 Å². The van der Waals surface area contributed by atoms with E-state index < -0.39 is 6.16 Å². The second-order valence-electron chi connectivity index (χ2n) is 2.30. The Kier molecular flexibility index (Phi) is 15.6. The third kappa shape index (κ3) is 18.3. The second kappa shape index (κ2) is 13.8. The lowest BCUT2D eigenvalue weighted by Crippen LogP contribution is -2.03. The molecule has 0 rings (SSSR count). The first kappa shape index (κ1) is 14.7. The summed E-state index contributed by atoms with van der Waals surface area (Å²) in [6, 6.07) is 0. The van der Waals surface area contributed by atoms with Gasteiger partial charge >= 0.3 is 6.16 Å². The zero-order valence-corrected chi connectivity index (χ0v) is 8.96. The molecule has 80 valence electrons. The Labute approximate surface area is 80.2 Å². The standard InChI is InChI=1S/C5H10O3.C4H10O/c1-3-4-8-5(6)7-2;1-3-4-5-2/h3-4H2,1-2H3;3-4H2,1-2H3. The lowest BCUT2D eigenvalue weighted by Gasteiger charge is -1.97. The minimum Gasteiger partial charge on any atom is -0.438 e. The van der Waals surface area contributed by atoms with Crippen LogP contribution in [0.4, 0.5) is 4.79 Å². The van der Waals surface area contributed by atoms with Crippen LogP contribution >= 0.6 is 0 Å². The topological polar surface area (TPSA) is 44.8 Å². The molecule has 0 aliphatic rings. The highest BCUT2D eigenvalue weighted by molar-refractivity contribution is 5.59. The zero-order valence-electron chi connectivity index (χ0n) is 8.96. The van der Waals surface area contributed by atoms with E-state index in [1.807, 2.05) is 6.92 Å². The Morgan fingerprint density at radius 2 is 1.62 bits per heavy atom. The molecule has 0 heterocycles. The molecule has 0 aromatic carbocycles. The Balaban J connectivity index is 0. The van der Waals surface area contributed by atoms with Crippen LogP contribution in [-0.2, 0) is 14.2 Å². The molecule has 0 radical (unpaired) electrons. The Hall–Kier alpha value is -0.770. The maximum Gasteiger partial charge on any atom is 0.507 e. The highest BCUT2D eigenvalue weighted by Crippen LogP contribution is 1.83. The average molecular weight is 192 g/mol. The quantitative estimate of drug-likeness (QED) is 0.641. The van der Waals surface area contributed by atoms with Crippen molar-refractivity contribution in [2.75, 3.05) is 27.4 Å². The van der Waals surface area contributed by atoms with Gasteiger partial charge in [-0.1, -0.05) is 13.8 Å². The second-order valence-corrected chi connectivity index (χ2v) is 2.30. The zero-order chi connectivity index (χ0) is 10.5. The molecule has 0 saturated heterocycles. The largest absolute Gasteiger partial charge is 0.507 e. The molecule has 0 amide bonds. The van der Waals surface area contributed by atoms with Gasteiger partial charge in [0, 0.05) is 13.7 Å².